The summed E-state index contributed by atoms with van der Waals surface area (Å²) in [4.78, 5) is 23.5. The average Bonchev–Trinajstić information content (AvgIpc) is 2.42. The number of piperidine rings is 1. The second kappa shape index (κ2) is 3.82. The van der Waals surface area contributed by atoms with Gasteiger partial charge in [0.15, 0.2) is 0 Å². The first-order valence-electron chi connectivity index (χ1n) is 4.79. The summed E-state index contributed by atoms with van der Waals surface area (Å²) in [5.74, 6) is -1.15. The number of carbonyl (C=O) groups is 2. The van der Waals surface area contributed by atoms with Gasteiger partial charge in [-0.25, -0.2) is 9.59 Å². The molecule has 0 aromatic rings. The number of carbonyl (C=O) groups excluding carboxylic acids is 1. The fourth-order valence-corrected chi connectivity index (χ4v) is 2.48. The molecule has 0 radical (unpaired) electrons. The molecule has 2 rings (SSSR count). The zero-order valence-electron chi connectivity index (χ0n) is 8.51. The van der Waals surface area contributed by atoms with Crippen LogP contribution in [-0.4, -0.2) is 58.7 Å². The number of nitrogens with zero attached hydrogens (tertiary/aromatic N) is 2. The Hall–Kier alpha value is -1.39. The Balaban J connectivity index is 2.20. The largest absolute Gasteiger partial charge is 0.480 e. The molecule has 2 atom stereocenters. The number of fused-ring (bicyclic) bond motifs is 2. The molecule has 2 fully saturated rings. The molecule has 0 aliphatic carbocycles. The molecular formula is C7H10N2O7S. The lowest BCUT2D eigenvalue weighted by atomic mass is 10.0. The van der Waals surface area contributed by atoms with E-state index in [2.05, 4.69) is 4.28 Å². The zero-order valence-corrected chi connectivity index (χ0v) is 9.33. The summed E-state index contributed by atoms with van der Waals surface area (Å²) in [6, 6.07) is -2.40. The Morgan fingerprint density at radius 1 is 1.41 bits per heavy atom. The Morgan fingerprint density at radius 3 is 2.59 bits per heavy atom. The molecule has 17 heavy (non-hydrogen) atoms. The van der Waals surface area contributed by atoms with Crippen LogP contribution in [0.4, 0.5) is 4.79 Å². The van der Waals surface area contributed by atoms with Gasteiger partial charge < -0.3 is 10.0 Å². The van der Waals surface area contributed by atoms with E-state index in [9.17, 15) is 18.0 Å². The lowest BCUT2D eigenvalue weighted by Crippen LogP contribution is -2.44. The highest BCUT2D eigenvalue weighted by molar-refractivity contribution is 7.80. The van der Waals surface area contributed by atoms with E-state index in [0.29, 0.717) is 11.5 Å². The average molecular weight is 266 g/mol. The molecule has 10 heteroatoms. The zero-order chi connectivity index (χ0) is 12.8. The molecule has 2 heterocycles. The fourth-order valence-electron chi connectivity index (χ4n) is 2.09. The van der Waals surface area contributed by atoms with E-state index < -0.39 is 34.5 Å². The number of carboxylic acids is 1. The van der Waals surface area contributed by atoms with Gasteiger partial charge in [-0.2, -0.15) is 13.5 Å². The summed E-state index contributed by atoms with van der Waals surface area (Å²) in [6.45, 7) is 0.0747. The number of hydroxylamine groups is 2. The third-order valence-electron chi connectivity index (χ3n) is 2.78. The van der Waals surface area contributed by atoms with E-state index in [4.69, 9.17) is 9.66 Å². The van der Waals surface area contributed by atoms with Crippen molar-refractivity contribution in [3.63, 3.8) is 0 Å². The summed E-state index contributed by atoms with van der Waals surface area (Å²) in [5.41, 5.74) is 0. The van der Waals surface area contributed by atoms with Crippen LogP contribution in [-0.2, 0) is 19.5 Å². The smallest absolute Gasteiger partial charge is 0.418 e. The van der Waals surface area contributed by atoms with Crippen LogP contribution < -0.4 is 0 Å². The van der Waals surface area contributed by atoms with Gasteiger partial charge in [0.1, 0.15) is 6.04 Å². The van der Waals surface area contributed by atoms with Crippen molar-refractivity contribution in [1.29, 1.82) is 0 Å². The molecule has 2 aliphatic heterocycles. The van der Waals surface area contributed by atoms with E-state index in [1.165, 1.54) is 0 Å². The third-order valence-corrected chi connectivity index (χ3v) is 3.13. The van der Waals surface area contributed by atoms with Crippen molar-refractivity contribution in [1.82, 2.24) is 9.96 Å². The first-order valence-corrected chi connectivity index (χ1v) is 6.16. The molecule has 0 aromatic heterocycles. The van der Waals surface area contributed by atoms with Crippen molar-refractivity contribution < 1.29 is 31.9 Å². The van der Waals surface area contributed by atoms with Gasteiger partial charge in [0, 0.05) is 6.54 Å². The molecule has 2 N–H and O–H groups in total. The lowest BCUT2D eigenvalue weighted by Gasteiger charge is -2.26. The minimum absolute atomic E-state index is 0.0747. The van der Waals surface area contributed by atoms with E-state index in [-0.39, 0.29) is 13.0 Å². The van der Waals surface area contributed by atoms with Crippen molar-refractivity contribution in [2.24, 2.45) is 0 Å². The summed E-state index contributed by atoms with van der Waals surface area (Å²) < 4.78 is 33.7. The van der Waals surface area contributed by atoms with Crippen molar-refractivity contribution in [2.45, 2.75) is 24.9 Å². The van der Waals surface area contributed by atoms with Crippen molar-refractivity contribution >= 4 is 22.4 Å². The van der Waals surface area contributed by atoms with E-state index in [1.807, 2.05) is 0 Å². The predicted molar refractivity (Wildman–Crippen MR) is 51.0 cm³/mol. The lowest BCUT2D eigenvalue weighted by molar-refractivity contribution is -0.142. The molecule has 2 saturated heterocycles. The monoisotopic (exact) mass is 266 g/mol. The Morgan fingerprint density at radius 2 is 2.06 bits per heavy atom. The molecule has 9 nitrogen and oxygen atoms in total. The maximum absolute atomic E-state index is 11.7. The molecule has 2 aliphatic rings. The van der Waals surface area contributed by atoms with Crippen LogP contribution in [0.25, 0.3) is 0 Å². The minimum Gasteiger partial charge on any atom is -0.480 e. The van der Waals surface area contributed by atoms with Gasteiger partial charge in [0.2, 0.25) is 0 Å². The Bertz CT molecular complexity index is 461. The number of aliphatic carboxylic acids is 1. The SMILES string of the molecule is O=C(O)C1CCC2CN1C(=O)N2OS(=O)(=O)O. The van der Waals surface area contributed by atoms with Crippen molar-refractivity contribution in [3.05, 3.63) is 0 Å². The molecular weight excluding hydrogens is 256 g/mol. The first kappa shape index (κ1) is 12.1. The highest BCUT2D eigenvalue weighted by Crippen LogP contribution is 2.30. The van der Waals surface area contributed by atoms with Crippen LogP contribution in [0.15, 0.2) is 0 Å². The molecule has 2 unspecified atom stereocenters. The first-order chi connectivity index (χ1) is 7.79. The van der Waals surface area contributed by atoms with Crippen LogP contribution in [0.2, 0.25) is 0 Å². The molecule has 96 valence electrons. The second-order valence-corrected chi connectivity index (χ2v) is 4.85. The summed E-state index contributed by atoms with van der Waals surface area (Å²) in [6.07, 6.45) is 0.520. The van der Waals surface area contributed by atoms with E-state index >= 15 is 0 Å². The van der Waals surface area contributed by atoms with Gasteiger partial charge in [-0.15, -0.1) is 4.28 Å². The number of hydrogen-bond donors (Lipinski definition) is 2. The van der Waals surface area contributed by atoms with Gasteiger partial charge in [0.05, 0.1) is 6.04 Å². The fraction of sp³-hybridized carbons (Fsp3) is 0.714. The normalized spacial score (nSPS) is 28.6. The quantitative estimate of drug-likeness (QED) is 0.632. The Labute approximate surface area is 96.5 Å². The van der Waals surface area contributed by atoms with Gasteiger partial charge in [-0.3, -0.25) is 4.55 Å². The molecule has 0 spiro atoms. The standard InChI is InChI=1S/C7H10N2O7S/c10-6(11)5-2-1-4-3-8(5)7(12)9(4)16-17(13,14)15/h4-5H,1-3H2,(H,10,11)(H,13,14,15). The van der Waals surface area contributed by atoms with Crippen molar-refractivity contribution in [2.75, 3.05) is 6.54 Å². The van der Waals surface area contributed by atoms with E-state index in [1.54, 1.807) is 0 Å². The van der Waals surface area contributed by atoms with Gasteiger partial charge in [-0.1, -0.05) is 0 Å². The summed E-state index contributed by atoms with van der Waals surface area (Å²) in [5, 5.41) is 9.39. The number of hydrogen-bond acceptors (Lipinski definition) is 5. The molecule has 0 saturated carbocycles. The van der Waals surface area contributed by atoms with Crippen LogP contribution in [0.1, 0.15) is 12.8 Å². The maximum atomic E-state index is 11.7. The number of carboxylic acid groups (broad SMARTS) is 1. The number of amides is 2. The molecule has 0 aromatic carbocycles. The molecule has 2 bridgehead atoms. The van der Waals surface area contributed by atoms with Gasteiger partial charge in [-0.05, 0) is 12.8 Å². The summed E-state index contributed by atoms with van der Waals surface area (Å²) in [7, 11) is -4.79. The van der Waals surface area contributed by atoms with Crippen LogP contribution >= 0.6 is 0 Å². The topological polar surface area (TPSA) is 124 Å². The number of urea groups is 1. The van der Waals surface area contributed by atoms with Crippen LogP contribution in [0, 0.1) is 0 Å². The highest BCUT2D eigenvalue weighted by Gasteiger charge is 2.49. The third kappa shape index (κ3) is 2.18. The highest BCUT2D eigenvalue weighted by atomic mass is 32.3. The maximum Gasteiger partial charge on any atom is 0.418 e. The Kier molecular flexibility index (Phi) is 2.72. The second-order valence-electron chi connectivity index (χ2n) is 3.85. The number of rotatable bonds is 3. The van der Waals surface area contributed by atoms with Crippen LogP contribution in [0.5, 0.6) is 0 Å². The minimum atomic E-state index is -4.79. The van der Waals surface area contributed by atoms with E-state index in [0.717, 1.165) is 4.90 Å². The van der Waals surface area contributed by atoms with Crippen molar-refractivity contribution in [3.8, 4) is 0 Å². The summed E-state index contributed by atoms with van der Waals surface area (Å²) >= 11 is 0. The molecule has 2 amide bonds. The predicted octanol–water partition coefficient (Wildman–Crippen LogP) is -0.926. The van der Waals surface area contributed by atoms with Gasteiger partial charge in [0.25, 0.3) is 0 Å². The van der Waals surface area contributed by atoms with Crippen LogP contribution in [0.3, 0.4) is 0 Å². The van der Waals surface area contributed by atoms with Gasteiger partial charge >= 0.3 is 22.4 Å².